The highest BCUT2D eigenvalue weighted by molar-refractivity contribution is 7.98. The summed E-state index contributed by atoms with van der Waals surface area (Å²) >= 11 is 1.43. The second-order valence-electron chi connectivity index (χ2n) is 9.61. The van der Waals surface area contributed by atoms with Crippen molar-refractivity contribution in [1.82, 2.24) is 5.32 Å². The second kappa shape index (κ2) is 13.3. The molecule has 1 atom stereocenters. The molecule has 0 saturated heterocycles. The molecule has 1 aliphatic heterocycles. The van der Waals surface area contributed by atoms with Crippen LogP contribution < -0.4 is 25.0 Å². The summed E-state index contributed by atoms with van der Waals surface area (Å²) in [4.78, 5) is 38.8. The summed E-state index contributed by atoms with van der Waals surface area (Å²) in [6.45, 7) is 0.479. The number of nitrogens with one attached hydrogen (secondary N) is 1. The van der Waals surface area contributed by atoms with Crippen LogP contribution in [-0.4, -0.2) is 43.3 Å². The van der Waals surface area contributed by atoms with E-state index < -0.39 is 46.6 Å². The van der Waals surface area contributed by atoms with Gasteiger partial charge in [-0.1, -0.05) is 36.4 Å². The molecule has 2 heterocycles. The number of ether oxygens (including phenoxy) is 4. The van der Waals surface area contributed by atoms with Gasteiger partial charge in [-0.25, -0.2) is 9.59 Å². The van der Waals surface area contributed by atoms with Crippen LogP contribution in [0.3, 0.4) is 0 Å². The fourth-order valence-corrected chi connectivity index (χ4v) is 4.95. The highest BCUT2D eigenvalue weighted by Crippen LogP contribution is 2.40. The van der Waals surface area contributed by atoms with Crippen molar-refractivity contribution in [1.29, 1.82) is 0 Å². The molecule has 13 heteroatoms. The lowest BCUT2D eigenvalue weighted by molar-refractivity contribution is -0.152. The van der Waals surface area contributed by atoms with Gasteiger partial charge in [-0.2, -0.15) is 24.9 Å². The Labute approximate surface area is 253 Å². The van der Waals surface area contributed by atoms with Gasteiger partial charge in [-0.15, -0.1) is 0 Å². The van der Waals surface area contributed by atoms with Gasteiger partial charge in [-0.05, 0) is 53.8 Å². The van der Waals surface area contributed by atoms with E-state index in [1.807, 2.05) is 12.3 Å². The SMILES string of the molecule is CSCC[C@@H](NC(=O)OCc1ccccc1)C(=O)Oc1ccc2c(=O)c(-c3ccc4c(c3)OCCO4)c(C(F)(F)F)oc2c1. The first-order valence-electron chi connectivity index (χ1n) is 13.4. The van der Waals surface area contributed by atoms with E-state index in [2.05, 4.69) is 5.32 Å². The number of alkyl carbamates (subject to hydrolysis) is 1. The van der Waals surface area contributed by atoms with Crippen molar-refractivity contribution >= 4 is 34.8 Å². The zero-order valence-electron chi connectivity index (χ0n) is 23.3. The van der Waals surface area contributed by atoms with Gasteiger partial charge < -0.3 is 28.7 Å². The number of carbonyl (C=O) groups is 2. The molecule has 0 radical (unpaired) electrons. The first-order chi connectivity index (χ1) is 21.1. The highest BCUT2D eigenvalue weighted by atomic mass is 32.2. The largest absolute Gasteiger partial charge is 0.486 e. The number of amides is 1. The maximum Gasteiger partial charge on any atom is 0.450 e. The zero-order valence-corrected chi connectivity index (χ0v) is 24.1. The predicted octanol–water partition coefficient (Wildman–Crippen LogP) is 6.20. The van der Waals surface area contributed by atoms with Crippen LogP contribution >= 0.6 is 11.8 Å². The molecule has 0 aliphatic carbocycles. The van der Waals surface area contributed by atoms with Crippen molar-refractivity contribution in [2.75, 3.05) is 25.2 Å². The van der Waals surface area contributed by atoms with Crippen LogP contribution in [0.25, 0.3) is 22.1 Å². The third-order valence-electron chi connectivity index (χ3n) is 6.57. The van der Waals surface area contributed by atoms with E-state index in [-0.39, 0.29) is 48.7 Å². The molecule has 5 rings (SSSR count). The smallest absolute Gasteiger partial charge is 0.450 e. The van der Waals surface area contributed by atoms with Crippen molar-refractivity contribution in [3.05, 3.63) is 88.3 Å². The lowest BCUT2D eigenvalue weighted by Crippen LogP contribution is -2.43. The van der Waals surface area contributed by atoms with Gasteiger partial charge in [-0.3, -0.25) is 4.79 Å². The number of benzene rings is 3. The third-order valence-corrected chi connectivity index (χ3v) is 7.21. The summed E-state index contributed by atoms with van der Waals surface area (Å²) in [7, 11) is 0. The molecule has 1 N–H and O–H groups in total. The lowest BCUT2D eigenvalue weighted by Gasteiger charge is -2.19. The van der Waals surface area contributed by atoms with Gasteiger partial charge in [0.2, 0.25) is 11.2 Å². The monoisotopic (exact) mass is 629 g/mol. The molecule has 230 valence electrons. The molecule has 44 heavy (non-hydrogen) atoms. The molecular formula is C31H26F3NO8S. The van der Waals surface area contributed by atoms with E-state index in [1.165, 1.54) is 42.1 Å². The number of rotatable bonds is 9. The van der Waals surface area contributed by atoms with Crippen LogP contribution in [-0.2, 0) is 22.3 Å². The molecule has 0 spiro atoms. The lowest BCUT2D eigenvalue weighted by atomic mass is 10.0. The summed E-state index contributed by atoms with van der Waals surface area (Å²) in [5.74, 6) is -1.53. The molecule has 1 aromatic heterocycles. The first kappa shape index (κ1) is 30.8. The maximum atomic E-state index is 14.2. The van der Waals surface area contributed by atoms with Gasteiger partial charge in [0.25, 0.3) is 0 Å². The van der Waals surface area contributed by atoms with Crippen LogP contribution in [0.2, 0.25) is 0 Å². The topological polar surface area (TPSA) is 113 Å². The minimum Gasteiger partial charge on any atom is -0.486 e. The van der Waals surface area contributed by atoms with Crippen LogP contribution in [0, 0.1) is 0 Å². The third kappa shape index (κ3) is 7.10. The molecule has 0 saturated carbocycles. The molecule has 0 unspecified atom stereocenters. The van der Waals surface area contributed by atoms with Gasteiger partial charge in [0.1, 0.15) is 37.2 Å². The number of hydrogen-bond donors (Lipinski definition) is 1. The molecule has 0 fully saturated rings. The fourth-order valence-electron chi connectivity index (χ4n) is 4.48. The first-order valence-corrected chi connectivity index (χ1v) is 14.8. The van der Waals surface area contributed by atoms with E-state index in [0.29, 0.717) is 11.5 Å². The van der Waals surface area contributed by atoms with Crippen molar-refractivity contribution in [2.45, 2.75) is 25.2 Å². The molecule has 0 bridgehead atoms. The Morgan fingerprint density at radius 2 is 1.75 bits per heavy atom. The second-order valence-corrected chi connectivity index (χ2v) is 10.6. The number of hydrogen-bond acceptors (Lipinski definition) is 9. The molecule has 4 aromatic rings. The summed E-state index contributed by atoms with van der Waals surface area (Å²) in [6.07, 6.45) is -3.86. The van der Waals surface area contributed by atoms with Gasteiger partial charge in [0, 0.05) is 6.07 Å². The Kier molecular flexibility index (Phi) is 9.33. The van der Waals surface area contributed by atoms with E-state index >= 15 is 0 Å². The van der Waals surface area contributed by atoms with Gasteiger partial charge >= 0.3 is 18.2 Å². The quantitative estimate of drug-likeness (QED) is 0.171. The number of halogens is 3. The highest BCUT2D eigenvalue weighted by Gasteiger charge is 2.39. The maximum absolute atomic E-state index is 14.2. The van der Waals surface area contributed by atoms with Crippen molar-refractivity contribution in [3.8, 4) is 28.4 Å². The Morgan fingerprint density at radius 3 is 2.48 bits per heavy atom. The van der Waals surface area contributed by atoms with Crippen LogP contribution in [0.15, 0.2) is 75.9 Å². The van der Waals surface area contributed by atoms with Gasteiger partial charge in [0.15, 0.2) is 11.5 Å². The van der Waals surface area contributed by atoms with Crippen molar-refractivity contribution in [2.24, 2.45) is 0 Å². The molecule has 1 amide bonds. The van der Waals surface area contributed by atoms with Gasteiger partial charge in [0.05, 0.1) is 10.9 Å². The number of fused-ring (bicyclic) bond motifs is 2. The summed E-state index contributed by atoms with van der Waals surface area (Å²) in [5, 5.41) is 2.31. The zero-order chi connectivity index (χ0) is 31.3. The number of thioether (sulfide) groups is 1. The minimum absolute atomic E-state index is 0.0174. The number of alkyl halides is 3. The summed E-state index contributed by atoms with van der Waals surface area (Å²) in [6, 6.07) is 15.4. The Bertz CT molecular complexity index is 1730. The summed E-state index contributed by atoms with van der Waals surface area (Å²) < 4.78 is 69.3. The standard InChI is InChI=1S/C31H26F3NO8S/c1-44-14-11-22(35-30(38)41-17-18-5-3-2-4-6-18)29(37)42-20-8-9-21-24(16-20)43-28(31(32,33)34)26(27(21)36)19-7-10-23-25(15-19)40-13-12-39-23/h2-10,15-16,22H,11-14,17H2,1H3,(H,35,38)/t22-/m1/s1. The van der Waals surface area contributed by atoms with E-state index in [4.69, 9.17) is 23.4 Å². The summed E-state index contributed by atoms with van der Waals surface area (Å²) in [5.41, 5.74) is -1.38. The number of carbonyl (C=O) groups excluding carboxylic acids is 2. The van der Waals surface area contributed by atoms with Crippen LogP contribution in [0.5, 0.6) is 17.2 Å². The molecule has 3 aromatic carbocycles. The number of esters is 1. The van der Waals surface area contributed by atoms with E-state index in [0.717, 1.165) is 11.6 Å². The predicted molar refractivity (Wildman–Crippen MR) is 156 cm³/mol. The average Bonchev–Trinajstić information content (AvgIpc) is 3.01. The molecule has 9 nitrogen and oxygen atoms in total. The molecular weight excluding hydrogens is 603 g/mol. The normalized spacial score (nSPS) is 13.3. The van der Waals surface area contributed by atoms with Crippen molar-refractivity contribution in [3.63, 3.8) is 0 Å². The van der Waals surface area contributed by atoms with Crippen molar-refractivity contribution < 1.29 is 46.1 Å². The van der Waals surface area contributed by atoms with E-state index in [1.54, 1.807) is 24.3 Å². The average molecular weight is 630 g/mol. The Hall–Kier alpha value is -4.65. The molecule has 1 aliphatic rings. The minimum atomic E-state index is -5.03. The fraction of sp³-hybridized carbons (Fsp3) is 0.258. The Morgan fingerprint density at radius 1 is 1.00 bits per heavy atom. The van der Waals surface area contributed by atoms with Crippen LogP contribution in [0.4, 0.5) is 18.0 Å². The van der Waals surface area contributed by atoms with E-state index in [9.17, 15) is 27.6 Å². The van der Waals surface area contributed by atoms with Crippen LogP contribution in [0.1, 0.15) is 17.7 Å². The Balaban J connectivity index is 1.40.